The summed E-state index contributed by atoms with van der Waals surface area (Å²) in [6, 6.07) is 13.5. The fourth-order valence-corrected chi connectivity index (χ4v) is 2.38. The maximum atomic E-state index is 12.3. The van der Waals surface area contributed by atoms with Crippen molar-refractivity contribution in [2.45, 2.75) is 19.4 Å². The molecule has 0 radical (unpaired) electrons. The molecule has 1 amide bonds. The van der Waals surface area contributed by atoms with E-state index in [1.54, 1.807) is 12.3 Å². The lowest BCUT2D eigenvalue weighted by Crippen LogP contribution is -2.44. The molecule has 1 aromatic carbocycles. The number of amides is 1. The largest absolute Gasteiger partial charge is 0.342 e. The minimum atomic E-state index is -0.455. The highest BCUT2D eigenvalue weighted by Gasteiger charge is 2.27. The number of alkyl halides is 1. The molecule has 0 saturated heterocycles. The normalized spacial score (nSPS) is 13.6. The van der Waals surface area contributed by atoms with Gasteiger partial charge in [-0.1, -0.05) is 46.3 Å². The van der Waals surface area contributed by atoms with Crippen molar-refractivity contribution in [1.29, 1.82) is 0 Å². The Kier molecular flexibility index (Phi) is 4.55. The molecule has 0 saturated carbocycles. The highest BCUT2D eigenvalue weighted by atomic mass is 79.9. The average molecular weight is 333 g/mol. The van der Waals surface area contributed by atoms with E-state index in [0.29, 0.717) is 10.9 Å². The van der Waals surface area contributed by atoms with Gasteiger partial charge in [-0.15, -0.1) is 0 Å². The van der Waals surface area contributed by atoms with E-state index in [9.17, 15) is 4.79 Å². The van der Waals surface area contributed by atoms with Crippen LogP contribution in [-0.4, -0.2) is 16.2 Å². The zero-order valence-corrected chi connectivity index (χ0v) is 13.1. The van der Waals surface area contributed by atoms with Gasteiger partial charge in [0.15, 0.2) is 0 Å². The summed E-state index contributed by atoms with van der Waals surface area (Å²) >= 11 is 3.49. The molecule has 0 aliphatic rings. The number of nitrogens with zero attached hydrogens (tertiary/aromatic N) is 1. The molecule has 1 unspecified atom stereocenters. The van der Waals surface area contributed by atoms with Crippen molar-refractivity contribution >= 4 is 21.8 Å². The Morgan fingerprint density at radius 1 is 1.25 bits per heavy atom. The van der Waals surface area contributed by atoms with Gasteiger partial charge in [0.25, 0.3) is 5.91 Å². The molecule has 2 rings (SSSR count). The predicted molar refractivity (Wildman–Crippen MR) is 84.0 cm³/mol. The van der Waals surface area contributed by atoms with Gasteiger partial charge in [0.2, 0.25) is 0 Å². The maximum Gasteiger partial charge on any atom is 0.253 e. The molecule has 1 heterocycles. The van der Waals surface area contributed by atoms with E-state index in [0.717, 1.165) is 11.3 Å². The van der Waals surface area contributed by atoms with E-state index >= 15 is 0 Å². The Morgan fingerprint density at radius 2 is 1.95 bits per heavy atom. The number of carbonyl (C=O) groups is 1. The first-order valence-corrected chi connectivity index (χ1v) is 7.54. The lowest BCUT2D eigenvalue weighted by Gasteiger charge is -2.29. The molecule has 4 heteroatoms. The molecule has 2 aromatic rings. The van der Waals surface area contributed by atoms with Gasteiger partial charge in [-0.25, -0.2) is 0 Å². The minimum absolute atomic E-state index is 0.122. The molecule has 0 bridgehead atoms. The van der Waals surface area contributed by atoms with E-state index in [2.05, 4.69) is 26.2 Å². The van der Waals surface area contributed by atoms with Gasteiger partial charge in [0.1, 0.15) is 0 Å². The average Bonchev–Trinajstić information content (AvgIpc) is 2.48. The third-order valence-electron chi connectivity index (χ3n) is 3.24. The summed E-state index contributed by atoms with van der Waals surface area (Å²) in [5.74, 6) is -0.122. The van der Waals surface area contributed by atoms with Crippen molar-refractivity contribution in [2.75, 3.05) is 5.33 Å². The lowest BCUT2D eigenvalue weighted by atomic mass is 9.94. The van der Waals surface area contributed by atoms with Gasteiger partial charge < -0.3 is 5.32 Å². The SMILES string of the molecule is Cc1ccc(C(=O)NC(C)(CBr)c2ccccc2)cn1. The molecule has 0 aliphatic heterocycles. The third-order valence-corrected chi connectivity index (χ3v) is 4.36. The van der Waals surface area contributed by atoms with Crippen molar-refractivity contribution in [1.82, 2.24) is 10.3 Å². The van der Waals surface area contributed by atoms with Crippen LogP contribution < -0.4 is 5.32 Å². The zero-order chi connectivity index (χ0) is 14.6. The van der Waals surface area contributed by atoms with Crippen molar-refractivity contribution in [2.24, 2.45) is 0 Å². The highest BCUT2D eigenvalue weighted by Crippen LogP contribution is 2.23. The molecule has 0 aliphatic carbocycles. The summed E-state index contributed by atoms with van der Waals surface area (Å²) in [5, 5.41) is 3.70. The van der Waals surface area contributed by atoms with Gasteiger partial charge in [-0.3, -0.25) is 9.78 Å². The molecule has 0 spiro atoms. The van der Waals surface area contributed by atoms with Gasteiger partial charge >= 0.3 is 0 Å². The second-order valence-corrected chi connectivity index (χ2v) is 5.53. The Hall–Kier alpha value is -1.68. The summed E-state index contributed by atoms with van der Waals surface area (Å²) in [4.78, 5) is 16.5. The first-order chi connectivity index (χ1) is 9.55. The third kappa shape index (κ3) is 3.25. The van der Waals surface area contributed by atoms with E-state index in [4.69, 9.17) is 0 Å². The second-order valence-electron chi connectivity index (χ2n) is 4.97. The summed E-state index contributed by atoms with van der Waals surface area (Å²) in [7, 11) is 0. The molecule has 1 aromatic heterocycles. The van der Waals surface area contributed by atoms with E-state index < -0.39 is 5.54 Å². The fraction of sp³-hybridized carbons (Fsp3) is 0.250. The van der Waals surface area contributed by atoms with Crippen LogP contribution in [-0.2, 0) is 5.54 Å². The van der Waals surface area contributed by atoms with Gasteiger partial charge in [0.05, 0.1) is 11.1 Å². The van der Waals surface area contributed by atoms with Crippen LogP contribution in [0.1, 0.15) is 28.5 Å². The molecule has 104 valence electrons. The first kappa shape index (κ1) is 14.7. The number of benzene rings is 1. The molecule has 0 fully saturated rings. The molecule has 20 heavy (non-hydrogen) atoms. The van der Waals surface area contributed by atoms with Crippen LogP contribution in [0.15, 0.2) is 48.7 Å². The van der Waals surface area contributed by atoms with Crippen LogP contribution in [0.3, 0.4) is 0 Å². The molecular formula is C16H17BrN2O. The number of rotatable bonds is 4. The standard InChI is InChI=1S/C16H17BrN2O/c1-12-8-9-13(10-18-12)15(20)19-16(2,11-17)14-6-4-3-5-7-14/h3-10H,11H2,1-2H3,(H,19,20). The summed E-state index contributed by atoms with van der Waals surface area (Å²) in [6.45, 7) is 3.89. The van der Waals surface area contributed by atoms with E-state index in [1.165, 1.54) is 0 Å². The second kappa shape index (κ2) is 6.18. The lowest BCUT2D eigenvalue weighted by molar-refractivity contribution is 0.0914. The van der Waals surface area contributed by atoms with Crippen LogP contribution in [0, 0.1) is 6.92 Å². The minimum Gasteiger partial charge on any atom is -0.342 e. The van der Waals surface area contributed by atoms with Crippen LogP contribution in [0.25, 0.3) is 0 Å². The van der Waals surface area contributed by atoms with Crippen LogP contribution in [0.2, 0.25) is 0 Å². The highest BCUT2D eigenvalue weighted by molar-refractivity contribution is 9.09. The quantitative estimate of drug-likeness (QED) is 0.871. The number of hydrogen-bond donors (Lipinski definition) is 1. The van der Waals surface area contributed by atoms with Crippen LogP contribution in [0.5, 0.6) is 0 Å². The molecule has 1 N–H and O–H groups in total. The molecule has 1 atom stereocenters. The number of aromatic nitrogens is 1. The number of carbonyl (C=O) groups excluding carboxylic acids is 1. The topological polar surface area (TPSA) is 42.0 Å². The Balaban J connectivity index is 2.22. The van der Waals surface area contributed by atoms with Crippen molar-refractivity contribution in [3.63, 3.8) is 0 Å². The smallest absolute Gasteiger partial charge is 0.253 e. The van der Waals surface area contributed by atoms with Gasteiger partial charge in [-0.05, 0) is 31.5 Å². The number of nitrogens with one attached hydrogen (secondary N) is 1. The van der Waals surface area contributed by atoms with Crippen LogP contribution >= 0.6 is 15.9 Å². The molecule has 3 nitrogen and oxygen atoms in total. The Labute approximate surface area is 127 Å². The Bertz CT molecular complexity index is 583. The van der Waals surface area contributed by atoms with Gasteiger partial charge in [0, 0.05) is 17.2 Å². The monoisotopic (exact) mass is 332 g/mol. The predicted octanol–water partition coefficient (Wildman–Crippen LogP) is 3.43. The summed E-state index contributed by atoms with van der Waals surface area (Å²) in [5.41, 5.74) is 2.07. The fourth-order valence-electron chi connectivity index (χ4n) is 1.91. The zero-order valence-electron chi connectivity index (χ0n) is 11.6. The van der Waals surface area contributed by atoms with Crippen molar-refractivity contribution in [3.8, 4) is 0 Å². The van der Waals surface area contributed by atoms with Crippen molar-refractivity contribution < 1.29 is 4.79 Å². The molecular weight excluding hydrogens is 316 g/mol. The van der Waals surface area contributed by atoms with Crippen LogP contribution in [0.4, 0.5) is 0 Å². The maximum absolute atomic E-state index is 12.3. The van der Waals surface area contributed by atoms with E-state index in [-0.39, 0.29) is 5.91 Å². The van der Waals surface area contributed by atoms with E-state index in [1.807, 2.05) is 50.2 Å². The first-order valence-electron chi connectivity index (χ1n) is 6.42. The van der Waals surface area contributed by atoms with Crippen molar-refractivity contribution in [3.05, 3.63) is 65.5 Å². The summed E-state index contributed by atoms with van der Waals surface area (Å²) < 4.78 is 0. The number of halogens is 1. The number of hydrogen-bond acceptors (Lipinski definition) is 2. The van der Waals surface area contributed by atoms with Gasteiger partial charge in [-0.2, -0.15) is 0 Å². The summed E-state index contributed by atoms with van der Waals surface area (Å²) in [6.07, 6.45) is 1.60. The Morgan fingerprint density at radius 3 is 2.50 bits per heavy atom. The number of pyridine rings is 1. The number of aryl methyl sites for hydroxylation is 1.